The first-order valence-electron chi connectivity index (χ1n) is 9.43. The Labute approximate surface area is 154 Å². The highest BCUT2D eigenvalue weighted by Crippen LogP contribution is 2.41. The molecule has 2 aromatic carbocycles. The fraction of sp³-hybridized carbons (Fsp3) is 0.261. The van der Waals surface area contributed by atoms with E-state index in [2.05, 4.69) is 73.2 Å². The van der Waals surface area contributed by atoms with Crippen molar-refractivity contribution in [2.75, 3.05) is 0 Å². The predicted molar refractivity (Wildman–Crippen MR) is 112 cm³/mol. The average Bonchev–Trinajstić information content (AvgIpc) is 3.41. The summed E-state index contributed by atoms with van der Waals surface area (Å²) in [5.74, 6) is 0.727. The summed E-state index contributed by atoms with van der Waals surface area (Å²) in [6, 6.07) is 17.4. The van der Waals surface area contributed by atoms with Crippen LogP contribution in [-0.4, -0.2) is 13.1 Å². The van der Waals surface area contributed by atoms with Gasteiger partial charge in [0.1, 0.15) is 11.2 Å². The van der Waals surface area contributed by atoms with E-state index < -0.39 is 8.07 Å². The summed E-state index contributed by atoms with van der Waals surface area (Å²) in [6.07, 6.45) is 4.55. The molecule has 0 N–H and O–H groups in total. The largest absolute Gasteiger partial charge is 0.455 e. The number of furan rings is 1. The van der Waals surface area contributed by atoms with Gasteiger partial charge in [0.2, 0.25) is 0 Å². The number of nitrogens with zero attached hydrogens (tertiary/aromatic N) is 1. The van der Waals surface area contributed by atoms with E-state index in [-0.39, 0.29) is 0 Å². The van der Waals surface area contributed by atoms with Gasteiger partial charge in [0.15, 0.2) is 0 Å². The first kappa shape index (κ1) is 15.8. The molecule has 3 heteroatoms. The Hall–Kier alpha value is -2.39. The fourth-order valence-corrected chi connectivity index (χ4v) is 5.54. The Kier molecular flexibility index (Phi) is 3.38. The monoisotopic (exact) mass is 357 g/mol. The summed E-state index contributed by atoms with van der Waals surface area (Å²) in [5, 5.41) is 3.97. The number of hydrogen-bond donors (Lipinski definition) is 0. The van der Waals surface area contributed by atoms with E-state index >= 15 is 0 Å². The predicted octanol–water partition coefficient (Wildman–Crippen LogP) is 6.07. The van der Waals surface area contributed by atoms with Crippen molar-refractivity contribution < 1.29 is 4.42 Å². The third-order valence-corrected chi connectivity index (χ3v) is 7.47. The summed E-state index contributed by atoms with van der Waals surface area (Å²) in [4.78, 5) is 4.66. The van der Waals surface area contributed by atoms with Crippen LogP contribution in [0, 0.1) is 0 Å². The summed E-state index contributed by atoms with van der Waals surface area (Å²) in [6.45, 7) is 7.18. The van der Waals surface area contributed by atoms with Crippen LogP contribution in [0.15, 0.2) is 59.1 Å². The normalized spacial score (nSPS) is 15.0. The molecule has 130 valence electrons. The van der Waals surface area contributed by atoms with E-state index in [1.54, 1.807) is 0 Å². The van der Waals surface area contributed by atoms with Crippen LogP contribution in [0.1, 0.15) is 24.3 Å². The Morgan fingerprint density at radius 1 is 1.00 bits per heavy atom. The van der Waals surface area contributed by atoms with E-state index in [4.69, 9.17) is 4.42 Å². The quantitative estimate of drug-likeness (QED) is 0.416. The molecule has 1 saturated carbocycles. The highest BCUT2D eigenvalue weighted by atomic mass is 28.3. The molecular weight excluding hydrogens is 334 g/mol. The number of fused-ring (bicyclic) bond motifs is 3. The molecule has 1 aliphatic rings. The number of rotatable bonds is 3. The van der Waals surface area contributed by atoms with Crippen LogP contribution in [0.2, 0.25) is 19.6 Å². The van der Waals surface area contributed by atoms with E-state index in [0.717, 1.165) is 28.3 Å². The van der Waals surface area contributed by atoms with Crippen LogP contribution in [0.5, 0.6) is 0 Å². The van der Waals surface area contributed by atoms with Crippen LogP contribution < -0.4 is 5.19 Å². The van der Waals surface area contributed by atoms with Crippen LogP contribution in [0.25, 0.3) is 33.2 Å². The second-order valence-electron chi connectivity index (χ2n) is 8.46. The Morgan fingerprint density at radius 3 is 2.58 bits per heavy atom. The maximum atomic E-state index is 6.37. The van der Waals surface area contributed by atoms with Gasteiger partial charge in [-0.3, -0.25) is 4.98 Å². The third-order valence-electron chi connectivity index (χ3n) is 5.44. The number of aromatic nitrogens is 1. The highest BCUT2D eigenvalue weighted by molar-refractivity contribution is 6.90. The molecule has 26 heavy (non-hydrogen) atoms. The number of pyridine rings is 1. The molecule has 0 unspecified atom stereocenters. The smallest absolute Gasteiger partial charge is 0.144 e. The first-order valence-corrected chi connectivity index (χ1v) is 12.9. The highest BCUT2D eigenvalue weighted by Gasteiger charge is 2.25. The molecule has 0 atom stereocenters. The molecule has 2 nitrogen and oxygen atoms in total. The van der Waals surface area contributed by atoms with Crippen molar-refractivity contribution in [1.82, 2.24) is 4.98 Å². The molecule has 0 bridgehead atoms. The minimum absolute atomic E-state index is 0.727. The lowest BCUT2D eigenvalue weighted by molar-refractivity contribution is 0.670. The first-order chi connectivity index (χ1) is 12.5. The van der Waals surface area contributed by atoms with Gasteiger partial charge in [-0.05, 0) is 53.8 Å². The SMILES string of the molecule is C[Si](C)(C)c1cccc2oc3c(-c4cc(C5CC5)ccn4)cccc3c12. The minimum atomic E-state index is -1.47. The maximum Gasteiger partial charge on any atom is 0.144 e. The van der Waals surface area contributed by atoms with Crippen molar-refractivity contribution in [1.29, 1.82) is 0 Å². The van der Waals surface area contributed by atoms with E-state index in [9.17, 15) is 0 Å². The summed E-state index contributed by atoms with van der Waals surface area (Å²) < 4.78 is 6.37. The zero-order valence-corrected chi connectivity index (χ0v) is 16.5. The molecule has 0 aliphatic heterocycles. The van der Waals surface area contributed by atoms with Gasteiger partial charge in [-0.2, -0.15) is 0 Å². The second kappa shape index (κ2) is 5.55. The molecule has 2 aromatic heterocycles. The van der Waals surface area contributed by atoms with Crippen LogP contribution >= 0.6 is 0 Å². The third kappa shape index (κ3) is 2.50. The zero-order valence-electron chi connectivity index (χ0n) is 15.5. The molecular formula is C23H23NOSi. The number of hydrogen-bond acceptors (Lipinski definition) is 2. The molecule has 0 radical (unpaired) electrons. The van der Waals surface area contributed by atoms with Crippen molar-refractivity contribution in [2.24, 2.45) is 0 Å². The lowest BCUT2D eigenvalue weighted by Gasteiger charge is -2.17. The topological polar surface area (TPSA) is 26.0 Å². The van der Waals surface area contributed by atoms with Gasteiger partial charge in [-0.15, -0.1) is 0 Å². The lowest BCUT2D eigenvalue weighted by Crippen LogP contribution is -2.37. The van der Waals surface area contributed by atoms with Crippen LogP contribution in [0.4, 0.5) is 0 Å². The van der Waals surface area contributed by atoms with Gasteiger partial charge >= 0.3 is 0 Å². The molecule has 2 heterocycles. The van der Waals surface area contributed by atoms with Gasteiger partial charge in [0.05, 0.1) is 13.8 Å². The van der Waals surface area contributed by atoms with Crippen LogP contribution in [0.3, 0.4) is 0 Å². The van der Waals surface area contributed by atoms with Gasteiger partial charge < -0.3 is 4.42 Å². The van der Waals surface area contributed by atoms with Gasteiger partial charge in [-0.25, -0.2) is 0 Å². The van der Waals surface area contributed by atoms with Gasteiger partial charge in [-0.1, -0.05) is 43.9 Å². The summed E-state index contributed by atoms with van der Waals surface area (Å²) in [7, 11) is -1.47. The van der Waals surface area contributed by atoms with E-state index in [1.807, 2.05) is 6.20 Å². The molecule has 4 aromatic rings. The van der Waals surface area contributed by atoms with E-state index in [0.29, 0.717) is 0 Å². The van der Waals surface area contributed by atoms with Gasteiger partial charge in [0.25, 0.3) is 0 Å². The zero-order chi connectivity index (χ0) is 17.9. The minimum Gasteiger partial charge on any atom is -0.455 e. The van der Waals surface area contributed by atoms with Crippen LogP contribution in [-0.2, 0) is 0 Å². The van der Waals surface area contributed by atoms with Crippen molar-refractivity contribution in [3.05, 3.63) is 60.3 Å². The van der Waals surface area contributed by atoms with Crippen molar-refractivity contribution in [3.63, 3.8) is 0 Å². The Morgan fingerprint density at radius 2 is 1.81 bits per heavy atom. The van der Waals surface area contributed by atoms with Crippen molar-refractivity contribution in [2.45, 2.75) is 38.4 Å². The summed E-state index contributed by atoms with van der Waals surface area (Å²) >= 11 is 0. The molecule has 1 aliphatic carbocycles. The molecule has 1 fully saturated rings. The second-order valence-corrected chi connectivity index (χ2v) is 13.5. The van der Waals surface area contributed by atoms with Gasteiger partial charge in [0, 0.05) is 22.5 Å². The Balaban J connectivity index is 1.79. The molecule has 0 saturated heterocycles. The standard InChI is InChI=1S/C23H23NOSi/c1-26(2,3)21-9-5-8-20-22(21)18-7-4-6-17(23(18)25-20)19-14-16(12-13-24-19)15-10-11-15/h4-9,12-15H,10-11H2,1-3H3. The van der Waals surface area contributed by atoms with Crippen molar-refractivity contribution in [3.8, 4) is 11.3 Å². The van der Waals surface area contributed by atoms with Crippen molar-refractivity contribution >= 4 is 35.2 Å². The number of benzene rings is 2. The number of para-hydroxylation sites is 1. The Bertz CT molecular complexity index is 1130. The molecule has 5 rings (SSSR count). The lowest BCUT2D eigenvalue weighted by atomic mass is 10.0. The molecule has 0 amide bonds. The fourth-order valence-electron chi connectivity index (χ4n) is 3.94. The maximum absolute atomic E-state index is 6.37. The summed E-state index contributed by atoms with van der Waals surface area (Å²) in [5.41, 5.74) is 5.49. The molecule has 0 spiro atoms. The van der Waals surface area contributed by atoms with E-state index in [1.165, 1.54) is 34.4 Å². The average molecular weight is 358 g/mol.